The molecule has 1 rings (SSSR count). The molecule has 1 aromatic carbocycles. The highest BCUT2D eigenvalue weighted by atomic mass is 35.5. The van der Waals surface area contributed by atoms with E-state index in [1.165, 1.54) is 6.07 Å². The molecule has 0 heterocycles. The Morgan fingerprint density at radius 1 is 1.25 bits per heavy atom. The first-order valence-corrected chi connectivity index (χ1v) is 3.48. The second-order valence-electron chi connectivity index (χ2n) is 2.25. The first-order chi connectivity index (χ1) is 5.43. The molecule has 0 aromatic heterocycles. The number of phenols is 1. The molecule has 0 aliphatic heterocycles. The summed E-state index contributed by atoms with van der Waals surface area (Å²) in [6.45, 7) is -5.18. The summed E-state index contributed by atoms with van der Waals surface area (Å²) in [6.07, 6.45) is 0. The Hall–Kier alpha value is -0.835. The zero-order chi connectivity index (χ0) is 9.35. The van der Waals surface area contributed by atoms with Gasteiger partial charge in [-0.2, -0.15) is 0 Å². The summed E-state index contributed by atoms with van der Waals surface area (Å²) in [5.74, 6) is -0.897. The van der Waals surface area contributed by atoms with Gasteiger partial charge in [0.25, 0.3) is 0 Å². The Labute approximate surface area is 71.8 Å². The molecule has 6 heteroatoms. The molecule has 0 amide bonds. The quantitative estimate of drug-likeness (QED) is 0.680. The highest BCUT2D eigenvalue weighted by Crippen LogP contribution is 2.24. The van der Waals surface area contributed by atoms with Crippen LogP contribution in [-0.4, -0.2) is 12.1 Å². The van der Waals surface area contributed by atoms with Crippen LogP contribution < -0.4 is 5.46 Å². The topological polar surface area (TPSA) is 20.2 Å². The van der Waals surface area contributed by atoms with Crippen LogP contribution in [0.2, 0.25) is 5.02 Å². The number of para-hydroxylation sites is 1. The largest absolute Gasteiger partial charge is 0.513 e. The van der Waals surface area contributed by atoms with Gasteiger partial charge in [-0.05, 0) is 6.07 Å². The maximum absolute atomic E-state index is 12.1. The maximum Gasteiger partial charge on any atom is 0.513 e. The van der Waals surface area contributed by atoms with Crippen molar-refractivity contribution < 1.29 is 18.1 Å². The summed E-state index contributed by atoms with van der Waals surface area (Å²) in [6, 6.07) is 3.13. The van der Waals surface area contributed by atoms with Crippen molar-refractivity contribution in [2.45, 2.75) is 0 Å². The van der Waals surface area contributed by atoms with Crippen LogP contribution in [0.25, 0.3) is 0 Å². The Morgan fingerprint density at radius 2 is 1.83 bits per heavy atom. The van der Waals surface area contributed by atoms with Gasteiger partial charge in [-0.3, -0.25) is 0 Å². The molecule has 0 radical (unpaired) electrons. The van der Waals surface area contributed by atoms with Crippen molar-refractivity contribution in [3.63, 3.8) is 0 Å². The molecule has 66 valence electrons. The summed E-state index contributed by atoms with van der Waals surface area (Å²) >= 11 is 5.28. The van der Waals surface area contributed by atoms with Gasteiger partial charge in [-0.15, -0.1) is 0 Å². The molecular weight excluding hydrogens is 191 g/mol. The van der Waals surface area contributed by atoms with Crippen LogP contribution in [-0.2, 0) is 0 Å². The van der Waals surface area contributed by atoms with Crippen molar-refractivity contribution >= 4 is 24.0 Å². The van der Waals surface area contributed by atoms with Gasteiger partial charge >= 0.3 is 6.98 Å². The SMILES string of the molecule is Oc1c(Cl)cccc1[B-](F)(F)F. The fourth-order valence-corrected chi connectivity index (χ4v) is 0.978. The number of benzene rings is 1. The minimum Gasteiger partial charge on any atom is -0.509 e. The molecule has 0 atom stereocenters. The second-order valence-corrected chi connectivity index (χ2v) is 2.66. The van der Waals surface area contributed by atoms with Gasteiger partial charge in [0.05, 0.1) is 5.02 Å². The van der Waals surface area contributed by atoms with Crippen LogP contribution in [0.4, 0.5) is 12.9 Å². The van der Waals surface area contributed by atoms with Crippen LogP contribution in [0.3, 0.4) is 0 Å². The van der Waals surface area contributed by atoms with E-state index >= 15 is 0 Å². The molecule has 1 N–H and O–H groups in total. The lowest BCUT2D eigenvalue weighted by atomic mass is 9.79. The molecule has 1 nitrogen and oxygen atoms in total. The normalized spacial score (nSPS) is 11.7. The minimum atomic E-state index is -5.18. The molecule has 0 unspecified atom stereocenters. The fourth-order valence-electron chi connectivity index (χ4n) is 0.796. The fraction of sp³-hybridized carbons (Fsp3) is 0. The molecular formula is C6H4BClF3O-. The lowest BCUT2D eigenvalue weighted by Gasteiger charge is -2.16. The summed E-state index contributed by atoms with van der Waals surface area (Å²) in [4.78, 5) is 0. The van der Waals surface area contributed by atoms with E-state index in [1.807, 2.05) is 0 Å². The van der Waals surface area contributed by atoms with Gasteiger partial charge < -0.3 is 18.1 Å². The number of aromatic hydroxyl groups is 1. The molecule has 0 bridgehead atoms. The minimum absolute atomic E-state index is 0.285. The van der Waals surface area contributed by atoms with Gasteiger partial charge in [0, 0.05) is 0 Å². The molecule has 0 aliphatic carbocycles. The Bertz CT molecular complexity index is 299. The van der Waals surface area contributed by atoms with Gasteiger partial charge in [0.15, 0.2) is 0 Å². The second kappa shape index (κ2) is 2.90. The number of halogens is 4. The first-order valence-electron chi connectivity index (χ1n) is 3.10. The first kappa shape index (κ1) is 9.25. The van der Waals surface area contributed by atoms with Crippen molar-refractivity contribution in [1.82, 2.24) is 0 Å². The standard InChI is InChI=1S/C6H4BClF3O/c8-5-3-1-2-4(6(5)12)7(9,10)11/h1-3,12H/q-1. The van der Waals surface area contributed by atoms with E-state index in [0.717, 1.165) is 12.1 Å². The number of hydrogen-bond donors (Lipinski definition) is 1. The van der Waals surface area contributed by atoms with Crippen LogP contribution in [0, 0.1) is 0 Å². The van der Waals surface area contributed by atoms with Gasteiger partial charge in [0.2, 0.25) is 0 Å². The average molecular weight is 195 g/mol. The Balaban J connectivity index is 3.26. The molecule has 0 saturated carbocycles. The van der Waals surface area contributed by atoms with E-state index in [4.69, 9.17) is 16.7 Å². The molecule has 1 aromatic rings. The molecule has 0 aliphatic rings. The molecule has 0 spiro atoms. The molecule has 0 fully saturated rings. The van der Waals surface area contributed by atoms with E-state index in [1.54, 1.807) is 0 Å². The van der Waals surface area contributed by atoms with Crippen LogP contribution in [0.15, 0.2) is 18.2 Å². The Kier molecular flexibility index (Phi) is 2.23. The zero-order valence-electron chi connectivity index (χ0n) is 5.77. The van der Waals surface area contributed by atoms with Crippen LogP contribution in [0.5, 0.6) is 5.75 Å². The predicted octanol–water partition coefficient (Wildman–Crippen LogP) is 2.10. The van der Waals surface area contributed by atoms with E-state index in [-0.39, 0.29) is 5.02 Å². The van der Waals surface area contributed by atoms with Crippen molar-refractivity contribution in [3.8, 4) is 5.75 Å². The highest BCUT2D eigenvalue weighted by molar-refractivity contribution is 6.74. The highest BCUT2D eigenvalue weighted by Gasteiger charge is 2.29. The smallest absolute Gasteiger partial charge is 0.509 e. The third-order valence-corrected chi connectivity index (χ3v) is 1.68. The number of phenolic OH excluding ortho intramolecular Hbond substituents is 1. The average Bonchev–Trinajstić information content (AvgIpc) is 1.92. The molecule has 12 heavy (non-hydrogen) atoms. The van der Waals surface area contributed by atoms with E-state index in [0.29, 0.717) is 0 Å². The van der Waals surface area contributed by atoms with Crippen molar-refractivity contribution in [3.05, 3.63) is 23.2 Å². The summed E-state index contributed by atoms with van der Waals surface area (Å²) < 4.78 is 36.2. The van der Waals surface area contributed by atoms with E-state index < -0.39 is 18.2 Å². The van der Waals surface area contributed by atoms with Crippen molar-refractivity contribution in [2.75, 3.05) is 0 Å². The summed E-state index contributed by atoms with van der Waals surface area (Å²) in [5.41, 5.74) is -1.05. The number of hydrogen-bond acceptors (Lipinski definition) is 1. The van der Waals surface area contributed by atoms with Crippen LogP contribution in [0.1, 0.15) is 0 Å². The van der Waals surface area contributed by atoms with Crippen molar-refractivity contribution in [1.29, 1.82) is 0 Å². The van der Waals surface area contributed by atoms with Crippen LogP contribution >= 0.6 is 11.6 Å². The Morgan fingerprint density at radius 3 is 2.25 bits per heavy atom. The predicted molar refractivity (Wildman–Crippen MR) is 41.8 cm³/mol. The lowest BCUT2D eigenvalue weighted by Crippen LogP contribution is -2.34. The summed E-state index contributed by atoms with van der Waals surface area (Å²) in [5, 5.41) is 8.61. The third-order valence-electron chi connectivity index (χ3n) is 1.37. The zero-order valence-corrected chi connectivity index (χ0v) is 6.52. The summed E-state index contributed by atoms with van der Waals surface area (Å²) in [7, 11) is 0. The number of rotatable bonds is 1. The monoisotopic (exact) mass is 195 g/mol. The maximum atomic E-state index is 12.1. The van der Waals surface area contributed by atoms with Gasteiger partial charge in [0.1, 0.15) is 5.75 Å². The van der Waals surface area contributed by atoms with Gasteiger partial charge in [-0.1, -0.05) is 29.2 Å². The lowest BCUT2D eigenvalue weighted by molar-refractivity contribution is 0.463. The van der Waals surface area contributed by atoms with Gasteiger partial charge in [-0.25, -0.2) is 0 Å². The third kappa shape index (κ3) is 1.66. The van der Waals surface area contributed by atoms with E-state index in [9.17, 15) is 12.9 Å². The molecule has 0 saturated heterocycles. The van der Waals surface area contributed by atoms with Crippen molar-refractivity contribution in [2.24, 2.45) is 0 Å². The van der Waals surface area contributed by atoms with E-state index in [2.05, 4.69) is 0 Å².